The lowest BCUT2D eigenvalue weighted by atomic mass is 9.90. The van der Waals surface area contributed by atoms with Gasteiger partial charge in [0, 0.05) is 16.8 Å². The second-order valence-corrected chi connectivity index (χ2v) is 6.05. The first-order valence-corrected chi connectivity index (χ1v) is 7.01. The Labute approximate surface area is 121 Å². The summed E-state index contributed by atoms with van der Waals surface area (Å²) in [4.78, 5) is 0. The summed E-state index contributed by atoms with van der Waals surface area (Å²) in [5.74, 6) is 0. The molecule has 0 spiro atoms. The molecule has 1 heterocycles. The highest BCUT2D eigenvalue weighted by Gasteiger charge is 2.22. The second kappa shape index (κ2) is 5.40. The molecule has 0 radical (unpaired) electrons. The topological polar surface area (TPSA) is 38.0 Å². The van der Waals surface area contributed by atoms with Crippen molar-refractivity contribution in [2.45, 2.75) is 25.4 Å². The third kappa shape index (κ3) is 3.32. The third-order valence-electron chi connectivity index (χ3n) is 3.12. The first-order chi connectivity index (χ1) is 8.47. The van der Waals surface area contributed by atoms with Gasteiger partial charge in [0.15, 0.2) is 0 Å². The summed E-state index contributed by atoms with van der Waals surface area (Å²) in [6.07, 6.45) is 5.36. The number of hydrogen-bond acceptors (Lipinski definition) is 2. The summed E-state index contributed by atoms with van der Waals surface area (Å²) in [5.41, 5.74) is 1.33. The van der Waals surface area contributed by atoms with Crippen molar-refractivity contribution in [2.24, 2.45) is 7.05 Å². The van der Waals surface area contributed by atoms with Gasteiger partial charge >= 0.3 is 0 Å². The monoisotopic (exact) mass is 356 g/mol. The van der Waals surface area contributed by atoms with E-state index >= 15 is 0 Å². The lowest BCUT2D eigenvalue weighted by molar-refractivity contribution is 0.0480. The van der Waals surface area contributed by atoms with Gasteiger partial charge < -0.3 is 5.11 Å². The van der Waals surface area contributed by atoms with Crippen molar-refractivity contribution in [3.63, 3.8) is 0 Å². The maximum atomic E-state index is 10.5. The molecular weight excluding hydrogens is 339 g/mol. The average molecular weight is 356 g/mol. The molecule has 0 aliphatic rings. The Kier molecular flexibility index (Phi) is 4.07. The predicted octanol–water partition coefficient (Wildman–Crippen LogP) is 2.87. The molecule has 1 atom stereocenters. The normalized spacial score (nSPS) is 14.4. The number of aryl methyl sites for hydroxylation is 2. The first-order valence-electron chi connectivity index (χ1n) is 5.93. The highest BCUT2D eigenvalue weighted by atomic mass is 127. The Morgan fingerprint density at radius 2 is 2.00 bits per heavy atom. The number of aromatic nitrogens is 2. The van der Waals surface area contributed by atoms with E-state index in [1.165, 1.54) is 3.57 Å². The van der Waals surface area contributed by atoms with Gasteiger partial charge in [-0.3, -0.25) is 4.68 Å². The van der Waals surface area contributed by atoms with Gasteiger partial charge in [-0.2, -0.15) is 5.10 Å². The van der Waals surface area contributed by atoms with E-state index in [2.05, 4.69) is 27.7 Å². The van der Waals surface area contributed by atoms with Crippen molar-refractivity contribution in [3.8, 4) is 0 Å². The van der Waals surface area contributed by atoms with Crippen LogP contribution in [0.5, 0.6) is 0 Å². The number of halogens is 1. The molecule has 1 N–H and O–H groups in total. The summed E-state index contributed by atoms with van der Waals surface area (Å²) in [5, 5.41) is 14.7. The zero-order valence-electron chi connectivity index (χ0n) is 10.6. The van der Waals surface area contributed by atoms with E-state index in [0.29, 0.717) is 6.42 Å². The second-order valence-electron chi connectivity index (χ2n) is 4.80. The van der Waals surface area contributed by atoms with E-state index < -0.39 is 5.60 Å². The van der Waals surface area contributed by atoms with Crippen molar-refractivity contribution in [2.75, 3.05) is 0 Å². The van der Waals surface area contributed by atoms with Crippen molar-refractivity contribution in [3.05, 3.63) is 51.4 Å². The van der Waals surface area contributed by atoms with Crippen LogP contribution < -0.4 is 0 Å². The van der Waals surface area contributed by atoms with Crippen LogP contribution in [0, 0.1) is 3.57 Å². The van der Waals surface area contributed by atoms with Gasteiger partial charge in [0.25, 0.3) is 0 Å². The highest BCUT2D eigenvalue weighted by Crippen LogP contribution is 2.26. The zero-order valence-corrected chi connectivity index (χ0v) is 12.8. The maximum Gasteiger partial charge on any atom is 0.0871 e. The predicted molar refractivity (Wildman–Crippen MR) is 80.3 cm³/mol. The van der Waals surface area contributed by atoms with E-state index in [-0.39, 0.29) is 0 Å². The Morgan fingerprint density at radius 3 is 2.56 bits per heavy atom. The molecule has 0 aliphatic carbocycles. The van der Waals surface area contributed by atoms with Gasteiger partial charge in [0.2, 0.25) is 0 Å². The molecule has 0 bridgehead atoms. The number of benzene rings is 1. The van der Waals surface area contributed by atoms with Crippen LogP contribution in [0.4, 0.5) is 0 Å². The Bertz CT molecular complexity index is 517. The van der Waals surface area contributed by atoms with Gasteiger partial charge in [-0.15, -0.1) is 0 Å². The van der Waals surface area contributed by atoms with Crippen LogP contribution in [0.2, 0.25) is 0 Å². The summed E-state index contributed by atoms with van der Waals surface area (Å²) in [7, 11) is 1.90. The van der Waals surface area contributed by atoms with Crippen molar-refractivity contribution >= 4 is 22.6 Å². The molecular formula is C14H17IN2O. The largest absolute Gasteiger partial charge is 0.385 e. The molecule has 0 fully saturated rings. The fourth-order valence-corrected chi connectivity index (χ4v) is 2.30. The van der Waals surface area contributed by atoms with E-state index in [4.69, 9.17) is 0 Å². The minimum absolute atomic E-state index is 0.694. The van der Waals surface area contributed by atoms with Crippen LogP contribution in [0.15, 0.2) is 36.7 Å². The molecule has 4 heteroatoms. The minimum Gasteiger partial charge on any atom is -0.385 e. The minimum atomic E-state index is -0.791. The quantitative estimate of drug-likeness (QED) is 0.856. The Balaban J connectivity index is 2.04. The van der Waals surface area contributed by atoms with Gasteiger partial charge in [0.05, 0.1) is 11.8 Å². The van der Waals surface area contributed by atoms with Crippen LogP contribution in [0.3, 0.4) is 0 Å². The fraction of sp³-hybridized carbons (Fsp3) is 0.357. The molecule has 1 aromatic heterocycles. The molecule has 0 amide bonds. The maximum absolute atomic E-state index is 10.5. The highest BCUT2D eigenvalue weighted by molar-refractivity contribution is 14.1. The van der Waals surface area contributed by atoms with Crippen LogP contribution in [0.25, 0.3) is 0 Å². The van der Waals surface area contributed by atoms with Gasteiger partial charge in [0.1, 0.15) is 0 Å². The van der Waals surface area contributed by atoms with Crippen LogP contribution in [0.1, 0.15) is 24.5 Å². The standard InChI is InChI=1S/C14H17IN2O/c1-14(18,12-3-5-13(15)6-4-12)8-7-11-9-16-17(2)10-11/h3-6,9-10,18H,7-8H2,1-2H3. The molecule has 1 unspecified atom stereocenters. The summed E-state index contributed by atoms with van der Waals surface area (Å²) in [6.45, 7) is 1.87. The lowest BCUT2D eigenvalue weighted by Crippen LogP contribution is -2.21. The van der Waals surface area contributed by atoms with E-state index in [9.17, 15) is 5.11 Å². The molecule has 2 aromatic rings. The molecule has 1 aromatic carbocycles. The third-order valence-corrected chi connectivity index (χ3v) is 3.84. The number of nitrogens with zero attached hydrogens (tertiary/aromatic N) is 2. The molecule has 18 heavy (non-hydrogen) atoms. The SMILES string of the molecule is Cn1cc(CCC(C)(O)c2ccc(I)cc2)cn1. The van der Waals surface area contributed by atoms with Crippen LogP contribution in [-0.4, -0.2) is 14.9 Å². The molecule has 96 valence electrons. The van der Waals surface area contributed by atoms with Crippen molar-refractivity contribution in [1.82, 2.24) is 9.78 Å². The van der Waals surface area contributed by atoms with Gasteiger partial charge in [-0.1, -0.05) is 12.1 Å². The molecule has 0 aliphatic heterocycles. The number of rotatable bonds is 4. The van der Waals surface area contributed by atoms with Gasteiger partial charge in [-0.05, 0) is 65.6 Å². The lowest BCUT2D eigenvalue weighted by Gasteiger charge is -2.23. The fourth-order valence-electron chi connectivity index (χ4n) is 1.94. The van der Waals surface area contributed by atoms with E-state index in [1.54, 1.807) is 4.68 Å². The van der Waals surface area contributed by atoms with E-state index in [0.717, 1.165) is 17.5 Å². The van der Waals surface area contributed by atoms with Crippen molar-refractivity contribution in [1.29, 1.82) is 0 Å². The molecule has 2 rings (SSSR count). The number of hydrogen-bond donors (Lipinski definition) is 1. The Hall–Kier alpha value is -0.880. The van der Waals surface area contributed by atoms with Crippen molar-refractivity contribution < 1.29 is 5.11 Å². The molecule has 0 saturated carbocycles. The van der Waals surface area contributed by atoms with Crippen LogP contribution in [-0.2, 0) is 19.1 Å². The summed E-state index contributed by atoms with van der Waals surface area (Å²) in [6, 6.07) is 8.03. The molecule has 0 saturated heterocycles. The van der Waals surface area contributed by atoms with Gasteiger partial charge in [-0.25, -0.2) is 0 Å². The Morgan fingerprint density at radius 1 is 1.33 bits per heavy atom. The smallest absolute Gasteiger partial charge is 0.0871 e. The van der Waals surface area contributed by atoms with E-state index in [1.807, 2.05) is 50.6 Å². The summed E-state index contributed by atoms with van der Waals surface area (Å²) < 4.78 is 2.97. The molecule has 3 nitrogen and oxygen atoms in total. The summed E-state index contributed by atoms with van der Waals surface area (Å²) >= 11 is 2.27. The number of aliphatic hydroxyl groups is 1. The average Bonchev–Trinajstić information content (AvgIpc) is 2.73. The first kappa shape index (κ1) is 13.5. The van der Waals surface area contributed by atoms with Crippen LogP contribution >= 0.6 is 22.6 Å². The zero-order chi connectivity index (χ0) is 13.2.